The lowest BCUT2D eigenvalue weighted by molar-refractivity contribution is 0.876. The van der Waals surface area contributed by atoms with Crippen LogP contribution in [0.25, 0.3) is 0 Å². The summed E-state index contributed by atoms with van der Waals surface area (Å²) in [6, 6.07) is 1.94. The van der Waals surface area contributed by atoms with E-state index in [4.69, 9.17) is 0 Å². The molecule has 1 heterocycles. The van der Waals surface area contributed by atoms with E-state index in [1.54, 1.807) is 12.4 Å². The first-order valence-electron chi connectivity index (χ1n) is 3.29. The van der Waals surface area contributed by atoms with Crippen molar-refractivity contribution in [1.82, 2.24) is 10.2 Å². The average molecular weight is 154 g/mol. The summed E-state index contributed by atoms with van der Waals surface area (Å²) in [5.74, 6) is 0. The molecule has 1 rings (SSSR count). The number of nitrogens with zero attached hydrogens (tertiary/aromatic N) is 2. The average Bonchev–Trinajstić information content (AvgIpc) is 2.05. The van der Waals surface area contributed by atoms with Crippen molar-refractivity contribution in [1.29, 1.82) is 0 Å². The van der Waals surface area contributed by atoms with E-state index in [0.29, 0.717) is 5.25 Å². The van der Waals surface area contributed by atoms with Crippen LogP contribution in [0.1, 0.15) is 24.2 Å². The van der Waals surface area contributed by atoms with Crippen LogP contribution in [0.5, 0.6) is 0 Å². The van der Waals surface area contributed by atoms with Gasteiger partial charge in [-0.25, -0.2) is 0 Å². The van der Waals surface area contributed by atoms with E-state index in [1.165, 1.54) is 0 Å². The molecule has 0 spiro atoms. The highest BCUT2D eigenvalue weighted by Gasteiger charge is 2.01. The normalized spacial score (nSPS) is 13.0. The molecule has 3 heteroatoms. The first-order valence-corrected chi connectivity index (χ1v) is 3.81. The van der Waals surface area contributed by atoms with Crippen LogP contribution in [-0.2, 0) is 0 Å². The Morgan fingerprint density at radius 3 is 2.90 bits per heavy atom. The molecule has 1 aromatic heterocycles. The number of rotatable bonds is 2. The Labute approximate surface area is 66.1 Å². The molecule has 0 saturated carbocycles. The van der Waals surface area contributed by atoms with E-state index in [2.05, 4.69) is 29.7 Å². The van der Waals surface area contributed by atoms with Crippen LogP contribution >= 0.6 is 12.6 Å². The van der Waals surface area contributed by atoms with E-state index in [1.807, 2.05) is 6.07 Å². The van der Waals surface area contributed by atoms with E-state index in [9.17, 15) is 0 Å². The Kier molecular flexibility index (Phi) is 2.68. The van der Waals surface area contributed by atoms with Crippen LogP contribution in [-0.4, -0.2) is 10.2 Å². The van der Waals surface area contributed by atoms with Gasteiger partial charge in [-0.2, -0.15) is 22.8 Å². The molecule has 54 valence electrons. The van der Waals surface area contributed by atoms with E-state index in [-0.39, 0.29) is 0 Å². The molecule has 0 aliphatic heterocycles. The van der Waals surface area contributed by atoms with Crippen LogP contribution in [0.2, 0.25) is 0 Å². The SMILES string of the molecule is CCC(S)c1ccnnc1. The van der Waals surface area contributed by atoms with Crippen molar-refractivity contribution in [2.75, 3.05) is 0 Å². The summed E-state index contributed by atoms with van der Waals surface area (Å²) >= 11 is 4.35. The minimum absolute atomic E-state index is 0.301. The minimum atomic E-state index is 0.301. The second-order valence-electron chi connectivity index (χ2n) is 2.10. The van der Waals surface area contributed by atoms with Gasteiger partial charge in [0.25, 0.3) is 0 Å². The van der Waals surface area contributed by atoms with E-state index < -0.39 is 0 Å². The third-order valence-electron chi connectivity index (χ3n) is 1.38. The highest BCUT2D eigenvalue weighted by molar-refractivity contribution is 7.80. The molecule has 0 aromatic carbocycles. The van der Waals surface area contributed by atoms with E-state index in [0.717, 1.165) is 12.0 Å². The molecular weight excluding hydrogens is 144 g/mol. The molecule has 1 aromatic rings. The molecule has 1 atom stereocenters. The molecule has 1 unspecified atom stereocenters. The monoisotopic (exact) mass is 154 g/mol. The van der Waals surface area contributed by atoms with Gasteiger partial charge in [0.2, 0.25) is 0 Å². The molecule has 0 aliphatic carbocycles. The maximum atomic E-state index is 4.35. The highest BCUT2D eigenvalue weighted by Crippen LogP contribution is 2.20. The summed E-state index contributed by atoms with van der Waals surface area (Å²) in [5, 5.41) is 7.73. The molecule has 0 amide bonds. The Morgan fingerprint density at radius 1 is 1.60 bits per heavy atom. The van der Waals surface area contributed by atoms with Gasteiger partial charge >= 0.3 is 0 Å². The molecule has 0 saturated heterocycles. The van der Waals surface area contributed by atoms with E-state index >= 15 is 0 Å². The molecule has 0 N–H and O–H groups in total. The molecular formula is C7H10N2S. The summed E-state index contributed by atoms with van der Waals surface area (Å²) in [6.07, 6.45) is 4.46. The van der Waals surface area contributed by atoms with Crippen molar-refractivity contribution in [3.8, 4) is 0 Å². The fourth-order valence-electron chi connectivity index (χ4n) is 0.734. The van der Waals surface area contributed by atoms with Crippen LogP contribution in [0.3, 0.4) is 0 Å². The van der Waals surface area contributed by atoms with Gasteiger partial charge in [0.15, 0.2) is 0 Å². The van der Waals surface area contributed by atoms with Crippen molar-refractivity contribution in [2.45, 2.75) is 18.6 Å². The van der Waals surface area contributed by atoms with Crippen LogP contribution < -0.4 is 0 Å². The second kappa shape index (κ2) is 3.56. The van der Waals surface area contributed by atoms with Gasteiger partial charge in [0.1, 0.15) is 0 Å². The third kappa shape index (κ3) is 1.70. The molecule has 0 fully saturated rings. The fraction of sp³-hybridized carbons (Fsp3) is 0.429. The summed E-state index contributed by atoms with van der Waals surface area (Å²) in [5.41, 5.74) is 1.14. The zero-order chi connectivity index (χ0) is 7.40. The highest BCUT2D eigenvalue weighted by atomic mass is 32.1. The van der Waals surface area contributed by atoms with Gasteiger partial charge in [0, 0.05) is 11.4 Å². The molecule has 10 heavy (non-hydrogen) atoms. The predicted octanol–water partition coefficient (Wildman–Crippen LogP) is 1.86. The summed E-state index contributed by atoms with van der Waals surface area (Å²) < 4.78 is 0. The Balaban J connectivity index is 2.75. The van der Waals surface area contributed by atoms with Gasteiger partial charge in [-0.05, 0) is 18.1 Å². The Morgan fingerprint density at radius 2 is 2.40 bits per heavy atom. The van der Waals surface area contributed by atoms with Gasteiger partial charge in [-0.1, -0.05) is 6.92 Å². The van der Waals surface area contributed by atoms with Crippen LogP contribution in [0.15, 0.2) is 18.5 Å². The number of thiol groups is 1. The first-order chi connectivity index (χ1) is 4.84. The molecule has 0 aliphatic rings. The zero-order valence-corrected chi connectivity index (χ0v) is 6.75. The van der Waals surface area contributed by atoms with Crippen molar-refractivity contribution in [3.63, 3.8) is 0 Å². The van der Waals surface area contributed by atoms with Crippen LogP contribution in [0, 0.1) is 0 Å². The number of hydrogen-bond acceptors (Lipinski definition) is 3. The lowest BCUT2D eigenvalue weighted by Gasteiger charge is -2.04. The summed E-state index contributed by atoms with van der Waals surface area (Å²) in [6.45, 7) is 2.10. The maximum absolute atomic E-state index is 4.35. The zero-order valence-electron chi connectivity index (χ0n) is 5.86. The van der Waals surface area contributed by atoms with Gasteiger partial charge in [-0.3, -0.25) is 0 Å². The summed E-state index contributed by atoms with van der Waals surface area (Å²) in [4.78, 5) is 0. The molecule has 2 nitrogen and oxygen atoms in total. The number of aromatic nitrogens is 2. The second-order valence-corrected chi connectivity index (χ2v) is 2.72. The van der Waals surface area contributed by atoms with Gasteiger partial charge in [0.05, 0.1) is 6.20 Å². The van der Waals surface area contributed by atoms with Crippen molar-refractivity contribution < 1.29 is 0 Å². The van der Waals surface area contributed by atoms with Crippen molar-refractivity contribution in [3.05, 3.63) is 24.0 Å². The third-order valence-corrected chi connectivity index (χ3v) is 2.04. The lowest BCUT2D eigenvalue weighted by Crippen LogP contribution is -1.89. The largest absolute Gasteiger partial charge is 0.171 e. The van der Waals surface area contributed by atoms with Gasteiger partial charge < -0.3 is 0 Å². The predicted molar refractivity (Wildman–Crippen MR) is 44.1 cm³/mol. The number of hydrogen-bond donors (Lipinski definition) is 1. The quantitative estimate of drug-likeness (QED) is 0.658. The topological polar surface area (TPSA) is 25.8 Å². The van der Waals surface area contributed by atoms with Crippen molar-refractivity contribution >= 4 is 12.6 Å². The molecule has 0 radical (unpaired) electrons. The van der Waals surface area contributed by atoms with Gasteiger partial charge in [-0.15, -0.1) is 0 Å². The fourth-order valence-corrected chi connectivity index (χ4v) is 0.886. The standard InChI is InChI=1S/C7H10N2S/c1-2-7(10)6-3-4-8-9-5-6/h3-5,7,10H,2H2,1H3. The first kappa shape index (κ1) is 7.54. The Hall–Kier alpha value is -0.570. The Bertz CT molecular complexity index is 188. The van der Waals surface area contributed by atoms with Crippen LogP contribution in [0.4, 0.5) is 0 Å². The maximum Gasteiger partial charge on any atom is 0.0539 e. The molecule has 0 bridgehead atoms. The van der Waals surface area contributed by atoms with Crippen molar-refractivity contribution in [2.24, 2.45) is 0 Å². The summed E-state index contributed by atoms with van der Waals surface area (Å²) in [7, 11) is 0. The lowest BCUT2D eigenvalue weighted by atomic mass is 10.2. The smallest absolute Gasteiger partial charge is 0.0539 e. The minimum Gasteiger partial charge on any atom is -0.171 e.